The van der Waals surface area contributed by atoms with Gasteiger partial charge in [0.25, 0.3) is 6.71 Å². The first-order valence-corrected chi connectivity index (χ1v) is 39.8. The number of hydrogen-bond acceptors (Lipinski definition) is 2. The van der Waals surface area contributed by atoms with Crippen molar-refractivity contribution in [3.05, 3.63) is 338 Å². The second-order valence-corrected chi connectivity index (χ2v) is 39.7. The molecule has 6 heteroatoms. The van der Waals surface area contributed by atoms with Crippen LogP contribution in [0.2, 0.25) is 0 Å². The zero-order valence-corrected chi connectivity index (χ0v) is 61.9. The Hall–Kier alpha value is -10.2. The van der Waals surface area contributed by atoms with Crippen molar-refractivity contribution < 1.29 is 0 Å². The average Bonchev–Trinajstić information content (AvgIpc) is 0.799. The molecule has 0 saturated carbocycles. The maximum atomic E-state index is 2.75. The fourth-order valence-corrected chi connectivity index (χ4v) is 26.5. The Morgan fingerprint density at radius 3 is 1.11 bits per heavy atom. The van der Waals surface area contributed by atoms with Crippen molar-refractivity contribution in [1.82, 2.24) is 4.57 Å². The minimum atomic E-state index is -3.27. The Morgan fingerprint density at radius 1 is 0.250 bits per heavy atom. The van der Waals surface area contributed by atoms with Crippen LogP contribution in [0.15, 0.2) is 315 Å². The topological polar surface area (TPSA) is 11.4 Å². The summed E-state index contributed by atoms with van der Waals surface area (Å²) in [4.78, 5) is 5.43. The molecule has 1 aromatic heterocycles. The fraction of sp³-hybridized carbons (Fsp3) is 0.170. The standard InChI is InChI=1S/C94H88BN3Si2/c1-91(2,3)65-34-33-35-69(58-65)96-86-61-68(94(10,11)12)50-54-80(86)95-81-64-77(99(71-36-19-13-20-37-71,72-38-21-14-22-39-72)73-40-23-15-24-41-73)53-57-84(81)98(85-48-31-32-49-89(85)100(74-42-25-16-26-43-74,75-44-27-17-28-45-75)76-46-29-18-30-47-76)88-63-70(62-87(96)90(88)95)97-82-55-51-66(92(4,5)6)59-78(82)79-60-67(93(7,8)9)52-56-83(79)97/h13-64H,1-12H3. The predicted octanol–water partition coefficient (Wildman–Crippen LogP) is 16.8. The lowest BCUT2D eigenvalue weighted by molar-refractivity contribution is 0.590. The van der Waals surface area contributed by atoms with Crippen molar-refractivity contribution in [2.24, 2.45) is 0 Å². The van der Waals surface area contributed by atoms with Crippen molar-refractivity contribution >= 4 is 137 Å². The Kier molecular flexibility index (Phi) is 15.7. The van der Waals surface area contributed by atoms with E-state index in [1.54, 1.807) is 0 Å². The van der Waals surface area contributed by atoms with Gasteiger partial charge >= 0.3 is 0 Å². The first kappa shape index (κ1) is 64.4. The molecule has 490 valence electrons. The van der Waals surface area contributed by atoms with Gasteiger partial charge in [0.2, 0.25) is 0 Å². The Balaban J connectivity index is 1.11. The maximum absolute atomic E-state index is 3.27. The second-order valence-electron chi connectivity index (χ2n) is 32.1. The third-order valence-corrected chi connectivity index (χ3v) is 31.5. The van der Waals surface area contributed by atoms with Crippen LogP contribution >= 0.6 is 0 Å². The number of fused-ring (bicyclic) bond motifs is 7. The number of hydrogen-bond donors (Lipinski definition) is 0. The van der Waals surface area contributed by atoms with E-state index in [0.29, 0.717) is 0 Å². The maximum Gasteiger partial charge on any atom is 0.252 e. The summed E-state index contributed by atoms with van der Waals surface area (Å²) < 4.78 is 2.61. The fourth-order valence-electron chi connectivity index (χ4n) is 16.8. The Labute approximate surface area is 595 Å². The molecule has 3 heterocycles. The molecule has 16 rings (SSSR count). The summed E-state index contributed by atoms with van der Waals surface area (Å²) in [5.41, 5.74) is 19.2. The van der Waals surface area contributed by atoms with Gasteiger partial charge in [-0.3, -0.25) is 0 Å². The molecule has 2 aliphatic rings. The van der Waals surface area contributed by atoms with E-state index in [1.807, 2.05) is 0 Å². The highest BCUT2D eigenvalue weighted by atomic mass is 28.3. The van der Waals surface area contributed by atoms with Gasteiger partial charge in [0, 0.05) is 44.9 Å². The molecule has 100 heavy (non-hydrogen) atoms. The molecule has 0 aliphatic carbocycles. The highest BCUT2D eigenvalue weighted by Crippen LogP contribution is 2.48. The van der Waals surface area contributed by atoms with Gasteiger partial charge in [-0.25, -0.2) is 0 Å². The van der Waals surface area contributed by atoms with Crippen molar-refractivity contribution in [1.29, 1.82) is 0 Å². The van der Waals surface area contributed by atoms with Crippen LogP contribution in [0.1, 0.15) is 105 Å². The number of para-hydroxylation sites is 1. The molecular weight excluding hydrogens is 1240 g/mol. The molecule has 0 amide bonds. The molecule has 0 radical (unpaired) electrons. The van der Waals surface area contributed by atoms with Crippen molar-refractivity contribution in [3.8, 4) is 5.69 Å². The van der Waals surface area contributed by atoms with E-state index >= 15 is 0 Å². The van der Waals surface area contributed by atoms with Crippen LogP contribution in [0.25, 0.3) is 27.5 Å². The summed E-state index contributed by atoms with van der Waals surface area (Å²) >= 11 is 0. The summed E-state index contributed by atoms with van der Waals surface area (Å²) in [6, 6.07) is 123. The number of rotatable bonds is 11. The van der Waals surface area contributed by atoms with E-state index in [4.69, 9.17) is 0 Å². The number of anilines is 6. The van der Waals surface area contributed by atoms with Crippen molar-refractivity contribution in [3.63, 3.8) is 0 Å². The van der Waals surface area contributed by atoms with Crippen LogP contribution in [0.5, 0.6) is 0 Å². The molecule has 2 aliphatic heterocycles. The molecule has 0 saturated heterocycles. The van der Waals surface area contributed by atoms with Crippen LogP contribution in [-0.4, -0.2) is 27.4 Å². The lowest BCUT2D eigenvalue weighted by Gasteiger charge is -2.46. The van der Waals surface area contributed by atoms with Crippen molar-refractivity contribution in [2.45, 2.75) is 105 Å². The first-order valence-electron chi connectivity index (χ1n) is 35.8. The van der Waals surface area contributed by atoms with Gasteiger partial charge in [-0.15, -0.1) is 0 Å². The lowest BCUT2D eigenvalue weighted by Crippen LogP contribution is -2.76. The SMILES string of the molecule is CC(C)(C)c1cccc(N2c3cc(C(C)(C)C)ccc3B3c4cc([Si](c5ccccc5)(c5ccccc5)c5ccccc5)ccc4N(c4ccccc4[Si](c4ccccc4)(c4ccccc4)c4ccccc4)c4cc(-n5c6ccc(C(C)(C)C)cc6c6cc(C(C)(C)C)ccc65)cc2c43)c1. The number of nitrogens with zero attached hydrogens (tertiary/aromatic N) is 3. The third kappa shape index (κ3) is 10.5. The van der Waals surface area contributed by atoms with Gasteiger partial charge in [-0.2, -0.15) is 0 Å². The van der Waals surface area contributed by atoms with E-state index in [0.717, 1.165) is 22.7 Å². The highest BCUT2D eigenvalue weighted by Gasteiger charge is 2.50. The van der Waals surface area contributed by atoms with E-state index in [2.05, 4.69) is 413 Å². The van der Waals surface area contributed by atoms with Crippen LogP contribution in [0, 0.1) is 0 Å². The lowest BCUT2D eigenvalue weighted by atomic mass is 9.33. The molecule has 13 aromatic carbocycles. The van der Waals surface area contributed by atoms with Gasteiger partial charge in [-0.1, -0.05) is 332 Å². The number of benzene rings is 13. The largest absolute Gasteiger partial charge is 0.311 e. The summed E-state index contributed by atoms with van der Waals surface area (Å²) in [5, 5.41) is 13.2. The molecule has 0 fully saturated rings. The summed E-state index contributed by atoms with van der Waals surface area (Å²) in [6.07, 6.45) is 0. The Morgan fingerprint density at radius 2 is 0.650 bits per heavy atom. The summed E-state index contributed by atoms with van der Waals surface area (Å²) in [7, 11) is -6.41. The van der Waals surface area contributed by atoms with Crippen LogP contribution in [0.4, 0.5) is 34.1 Å². The van der Waals surface area contributed by atoms with Crippen LogP contribution < -0.4 is 67.7 Å². The van der Waals surface area contributed by atoms with Crippen LogP contribution in [-0.2, 0) is 21.7 Å². The minimum Gasteiger partial charge on any atom is -0.311 e. The highest BCUT2D eigenvalue weighted by molar-refractivity contribution is 7.21. The summed E-state index contributed by atoms with van der Waals surface area (Å²) in [6.45, 7) is 28.0. The van der Waals surface area contributed by atoms with Gasteiger partial charge in [0.15, 0.2) is 16.1 Å². The van der Waals surface area contributed by atoms with E-state index < -0.39 is 16.1 Å². The van der Waals surface area contributed by atoms with Gasteiger partial charge in [-0.05, 0) is 169 Å². The van der Waals surface area contributed by atoms with E-state index in [1.165, 1.54) is 119 Å². The van der Waals surface area contributed by atoms with Crippen molar-refractivity contribution in [2.75, 3.05) is 9.80 Å². The molecule has 14 aromatic rings. The average molecular weight is 1330 g/mol. The molecule has 0 spiro atoms. The molecular formula is C94H88BN3Si2. The minimum absolute atomic E-state index is 0.0684. The molecule has 0 atom stereocenters. The third-order valence-electron chi connectivity index (χ3n) is 21.9. The molecule has 3 nitrogen and oxygen atoms in total. The monoisotopic (exact) mass is 1330 g/mol. The van der Waals surface area contributed by atoms with Gasteiger partial charge in [0.05, 0.1) is 16.7 Å². The van der Waals surface area contributed by atoms with Gasteiger partial charge < -0.3 is 14.4 Å². The van der Waals surface area contributed by atoms with Crippen LogP contribution in [0.3, 0.4) is 0 Å². The molecule has 0 N–H and O–H groups in total. The first-order chi connectivity index (χ1) is 48.1. The second kappa shape index (κ2) is 24.3. The quantitative estimate of drug-likeness (QED) is 0.0944. The molecule has 0 unspecified atom stereocenters. The smallest absolute Gasteiger partial charge is 0.252 e. The zero-order chi connectivity index (χ0) is 69.1. The van der Waals surface area contributed by atoms with E-state index in [9.17, 15) is 0 Å². The van der Waals surface area contributed by atoms with E-state index in [-0.39, 0.29) is 28.4 Å². The normalized spacial score (nSPS) is 13.3. The summed E-state index contributed by atoms with van der Waals surface area (Å²) in [5.74, 6) is 0. The zero-order valence-electron chi connectivity index (χ0n) is 59.9. The number of aromatic nitrogens is 1. The molecule has 0 bridgehead atoms. The Bertz CT molecular complexity index is 5140. The van der Waals surface area contributed by atoms with Gasteiger partial charge in [0.1, 0.15) is 0 Å². The predicted molar refractivity (Wildman–Crippen MR) is 437 cm³/mol.